The van der Waals surface area contributed by atoms with E-state index in [1.807, 2.05) is 6.07 Å². The van der Waals surface area contributed by atoms with Crippen molar-refractivity contribution < 1.29 is 4.79 Å². The summed E-state index contributed by atoms with van der Waals surface area (Å²) in [5.41, 5.74) is 0.394. The SMILES string of the molecule is O=C(NCC1CCCN1)c1ccc(N2CCCC2)nn1. The smallest absolute Gasteiger partial charge is 0.271 e. The Bertz CT molecular complexity index is 449. The van der Waals surface area contributed by atoms with Gasteiger partial charge in [0.2, 0.25) is 0 Å². The molecule has 2 aliphatic rings. The Morgan fingerprint density at radius 1 is 1.30 bits per heavy atom. The summed E-state index contributed by atoms with van der Waals surface area (Å²) in [6.07, 6.45) is 4.72. The van der Waals surface area contributed by atoms with Crippen LogP contribution in [0.25, 0.3) is 0 Å². The number of aromatic nitrogens is 2. The van der Waals surface area contributed by atoms with E-state index in [0.717, 1.165) is 31.9 Å². The van der Waals surface area contributed by atoms with E-state index in [4.69, 9.17) is 0 Å². The van der Waals surface area contributed by atoms with E-state index in [0.29, 0.717) is 18.3 Å². The first kappa shape index (κ1) is 13.3. The van der Waals surface area contributed by atoms with Gasteiger partial charge in [-0.1, -0.05) is 0 Å². The van der Waals surface area contributed by atoms with Crippen molar-refractivity contribution in [1.29, 1.82) is 0 Å². The van der Waals surface area contributed by atoms with E-state index < -0.39 is 0 Å². The third kappa shape index (κ3) is 3.07. The van der Waals surface area contributed by atoms with Crippen molar-refractivity contribution in [3.63, 3.8) is 0 Å². The molecule has 2 saturated heterocycles. The molecule has 1 unspecified atom stereocenters. The molecule has 1 aromatic heterocycles. The predicted molar refractivity (Wildman–Crippen MR) is 76.8 cm³/mol. The molecule has 2 fully saturated rings. The van der Waals surface area contributed by atoms with Crippen LogP contribution >= 0.6 is 0 Å². The third-order valence-corrected chi connectivity index (χ3v) is 3.98. The van der Waals surface area contributed by atoms with E-state index >= 15 is 0 Å². The molecular weight excluding hydrogens is 254 g/mol. The molecule has 6 heteroatoms. The average molecular weight is 275 g/mol. The second kappa shape index (κ2) is 6.17. The molecular formula is C14H21N5O. The van der Waals surface area contributed by atoms with Crippen LogP contribution in [0.2, 0.25) is 0 Å². The maximum absolute atomic E-state index is 12.0. The topological polar surface area (TPSA) is 70.2 Å². The molecule has 0 radical (unpaired) electrons. The van der Waals surface area contributed by atoms with Gasteiger partial charge in [0.05, 0.1) is 0 Å². The Labute approximate surface area is 118 Å². The van der Waals surface area contributed by atoms with Gasteiger partial charge in [0, 0.05) is 25.7 Å². The van der Waals surface area contributed by atoms with Crippen molar-refractivity contribution in [1.82, 2.24) is 20.8 Å². The van der Waals surface area contributed by atoms with E-state index in [2.05, 4.69) is 25.7 Å². The van der Waals surface area contributed by atoms with Gasteiger partial charge in [0.25, 0.3) is 5.91 Å². The lowest BCUT2D eigenvalue weighted by atomic mass is 10.2. The Balaban J connectivity index is 1.54. The van der Waals surface area contributed by atoms with Gasteiger partial charge in [-0.2, -0.15) is 0 Å². The monoisotopic (exact) mass is 275 g/mol. The van der Waals surface area contributed by atoms with Gasteiger partial charge in [-0.05, 0) is 44.4 Å². The van der Waals surface area contributed by atoms with Crippen LogP contribution in [-0.4, -0.2) is 48.3 Å². The number of carbonyl (C=O) groups excluding carboxylic acids is 1. The minimum absolute atomic E-state index is 0.140. The molecule has 20 heavy (non-hydrogen) atoms. The maximum Gasteiger partial charge on any atom is 0.271 e. The summed E-state index contributed by atoms with van der Waals surface area (Å²) in [6.45, 7) is 3.78. The van der Waals surface area contributed by atoms with Crippen molar-refractivity contribution in [3.8, 4) is 0 Å². The molecule has 1 atom stereocenters. The van der Waals surface area contributed by atoms with Gasteiger partial charge in [-0.15, -0.1) is 10.2 Å². The zero-order chi connectivity index (χ0) is 13.8. The average Bonchev–Trinajstić information content (AvgIpc) is 3.18. The molecule has 1 amide bonds. The minimum atomic E-state index is -0.140. The summed E-state index contributed by atoms with van der Waals surface area (Å²) in [4.78, 5) is 14.2. The number of nitrogens with one attached hydrogen (secondary N) is 2. The van der Waals surface area contributed by atoms with E-state index in [1.54, 1.807) is 6.07 Å². The Kier molecular flexibility index (Phi) is 4.11. The highest BCUT2D eigenvalue weighted by Gasteiger charge is 2.17. The summed E-state index contributed by atoms with van der Waals surface area (Å²) in [5.74, 6) is 0.732. The second-order valence-corrected chi connectivity index (χ2v) is 5.47. The highest BCUT2D eigenvalue weighted by Crippen LogP contribution is 2.16. The van der Waals surface area contributed by atoms with Gasteiger partial charge in [-0.25, -0.2) is 0 Å². The van der Waals surface area contributed by atoms with Crippen LogP contribution in [0, 0.1) is 0 Å². The fourth-order valence-corrected chi connectivity index (χ4v) is 2.80. The maximum atomic E-state index is 12.0. The molecule has 3 rings (SSSR count). The number of carbonyl (C=O) groups is 1. The molecule has 3 heterocycles. The highest BCUT2D eigenvalue weighted by molar-refractivity contribution is 5.92. The predicted octanol–water partition coefficient (Wildman–Crippen LogP) is 0.559. The van der Waals surface area contributed by atoms with Gasteiger partial charge in [-0.3, -0.25) is 4.79 Å². The molecule has 0 aromatic carbocycles. The van der Waals surface area contributed by atoms with E-state index in [-0.39, 0.29) is 5.91 Å². The van der Waals surface area contributed by atoms with Crippen LogP contribution in [0.3, 0.4) is 0 Å². The summed E-state index contributed by atoms with van der Waals surface area (Å²) in [7, 11) is 0. The van der Waals surface area contributed by atoms with Crippen LogP contribution in [0.5, 0.6) is 0 Å². The van der Waals surface area contributed by atoms with E-state index in [1.165, 1.54) is 19.3 Å². The summed E-state index contributed by atoms with van der Waals surface area (Å²) < 4.78 is 0. The standard InChI is InChI=1S/C14H21N5O/c20-14(16-10-11-4-3-7-15-11)12-5-6-13(18-17-12)19-8-1-2-9-19/h5-6,11,15H,1-4,7-10H2,(H,16,20). The molecule has 0 spiro atoms. The molecule has 0 bridgehead atoms. The van der Waals surface area contributed by atoms with Crippen LogP contribution in [0.15, 0.2) is 12.1 Å². The lowest BCUT2D eigenvalue weighted by molar-refractivity contribution is 0.0944. The first-order chi connectivity index (χ1) is 9.83. The first-order valence-electron chi connectivity index (χ1n) is 7.43. The normalized spacial score (nSPS) is 22.2. The van der Waals surface area contributed by atoms with Crippen molar-refractivity contribution in [3.05, 3.63) is 17.8 Å². The van der Waals surface area contributed by atoms with Crippen molar-refractivity contribution >= 4 is 11.7 Å². The number of anilines is 1. The van der Waals surface area contributed by atoms with Crippen molar-refractivity contribution in [2.75, 3.05) is 31.1 Å². The quantitative estimate of drug-likeness (QED) is 0.840. The second-order valence-electron chi connectivity index (χ2n) is 5.47. The first-order valence-corrected chi connectivity index (χ1v) is 7.43. The largest absolute Gasteiger partial charge is 0.355 e. The van der Waals surface area contributed by atoms with Gasteiger partial charge >= 0.3 is 0 Å². The Hall–Kier alpha value is -1.69. The summed E-state index contributed by atoms with van der Waals surface area (Å²) in [6, 6.07) is 4.05. The van der Waals surface area contributed by atoms with Crippen LogP contribution in [0.1, 0.15) is 36.2 Å². The number of nitrogens with zero attached hydrogens (tertiary/aromatic N) is 3. The lowest BCUT2D eigenvalue weighted by Gasteiger charge is -2.15. The van der Waals surface area contributed by atoms with Crippen molar-refractivity contribution in [2.45, 2.75) is 31.7 Å². The Morgan fingerprint density at radius 2 is 2.15 bits per heavy atom. The fourth-order valence-electron chi connectivity index (χ4n) is 2.80. The molecule has 108 valence electrons. The third-order valence-electron chi connectivity index (χ3n) is 3.98. The van der Waals surface area contributed by atoms with E-state index in [9.17, 15) is 4.79 Å². The van der Waals surface area contributed by atoms with Crippen molar-refractivity contribution in [2.24, 2.45) is 0 Å². The lowest BCUT2D eigenvalue weighted by Crippen LogP contribution is -2.37. The molecule has 6 nitrogen and oxygen atoms in total. The van der Waals surface area contributed by atoms with Crippen LogP contribution in [-0.2, 0) is 0 Å². The van der Waals surface area contributed by atoms with Gasteiger partial charge in [0.1, 0.15) is 0 Å². The minimum Gasteiger partial charge on any atom is -0.355 e. The number of hydrogen-bond donors (Lipinski definition) is 2. The number of hydrogen-bond acceptors (Lipinski definition) is 5. The highest BCUT2D eigenvalue weighted by atomic mass is 16.1. The zero-order valence-corrected chi connectivity index (χ0v) is 11.6. The van der Waals surface area contributed by atoms with Gasteiger partial charge in [0.15, 0.2) is 11.5 Å². The molecule has 2 N–H and O–H groups in total. The van der Waals surface area contributed by atoms with Gasteiger partial charge < -0.3 is 15.5 Å². The zero-order valence-electron chi connectivity index (χ0n) is 11.6. The van der Waals surface area contributed by atoms with Crippen LogP contribution in [0.4, 0.5) is 5.82 Å². The summed E-state index contributed by atoms with van der Waals surface area (Å²) in [5, 5.41) is 14.5. The number of amides is 1. The molecule has 0 aliphatic carbocycles. The Morgan fingerprint density at radius 3 is 2.80 bits per heavy atom. The fraction of sp³-hybridized carbons (Fsp3) is 0.643. The molecule has 2 aliphatic heterocycles. The van der Waals surface area contributed by atoms with Crippen LogP contribution < -0.4 is 15.5 Å². The summed E-state index contributed by atoms with van der Waals surface area (Å²) >= 11 is 0. The molecule has 1 aromatic rings. The number of rotatable bonds is 4. The molecule has 0 saturated carbocycles.